The number of phenolic OH excluding ortho intramolecular Hbond substituents is 1. The molecule has 0 radical (unpaired) electrons. The first-order valence-corrected chi connectivity index (χ1v) is 5.97. The maximum atomic E-state index is 9.40. The number of aromatic hydroxyl groups is 1. The molecule has 2 aromatic carbocycles. The predicted molar refractivity (Wildman–Crippen MR) is 71.5 cm³/mol. The Morgan fingerprint density at radius 2 is 2.05 bits per heavy atom. The van der Waals surface area contributed by atoms with Crippen molar-refractivity contribution in [1.29, 1.82) is 0 Å². The number of methoxy groups -OCH3 is 1. The zero-order chi connectivity index (χ0) is 13.2. The van der Waals surface area contributed by atoms with Gasteiger partial charge >= 0.3 is 0 Å². The molecule has 0 aliphatic heterocycles. The van der Waals surface area contributed by atoms with Gasteiger partial charge < -0.3 is 14.4 Å². The van der Waals surface area contributed by atoms with E-state index in [0.717, 1.165) is 22.4 Å². The number of hydrogen-bond donors (Lipinski definition) is 1. The lowest BCUT2D eigenvalue weighted by Crippen LogP contribution is -1.93. The molecule has 3 rings (SSSR count). The van der Waals surface area contributed by atoms with Crippen molar-refractivity contribution in [2.75, 3.05) is 7.11 Å². The Morgan fingerprint density at radius 3 is 2.89 bits per heavy atom. The third-order valence-electron chi connectivity index (χ3n) is 3.08. The van der Waals surface area contributed by atoms with Crippen LogP contribution in [0.2, 0.25) is 0 Å². The number of fused-ring (bicyclic) bond motifs is 1. The van der Waals surface area contributed by atoms with Crippen molar-refractivity contribution in [3.63, 3.8) is 0 Å². The minimum absolute atomic E-state index is 0.174. The number of hydrogen-bond acceptors (Lipinski definition) is 4. The van der Waals surface area contributed by atoms with Crippen LogP contribution in [0.5, 0.6) is 11.5 Å². The Bertz CT molecular complexity index is 718. The van der Waals surface area contributed by atoms with Gasteiger partial charge in [-0.15, -0.1) is 0 Å². The minimum atomic E-state index is 0.174. The largest absolute Gasteiger partial charge is 0.508 e. The van der Waals surface area contributed by atoms with E-state index in [0.29, 0.717) is 12.0 Å². The Kier molecular flexibility index (Phi) is 2.83. The molecule has 0 saturated carbocycles. The first kappa shape index (κ1) is 11.6. The van der Waals surface area contributed by atoms with Crippen LogP contribution in [0.3, 0.4) is 0 Å². The molecule has 0 unspecified atom stereocenters. The number of rotatable bonds is 3. The van der Waals surface area contributed by atoms with Crippen molar-refractivity contribution in [2.45, 2.75) is 6.42 Å². The van der Waals surface area contributed by atoms with Crippen molar-refractivity contribution in [3.8, 4) is 11.5 Å². The molecule has 0 aliphatic carbocycles. The summed E-state index contributed by atoms with van der Waals surface area (Å²) in [5.41, 5.74) is 2.47. The summed E-state index contributed by atoms with van der Waals surface area (Å²) in [6, 6.07) is 12.8. The first-order chi connectivity index (χ1) is 9.28. The Hall–Kier alpha value is -2.49. The van der Waals surface area contributed by atoms with Gasteiger partial charge in [0.2, 0.25) is 0 Å². The second-order valence-corrected chi connectivity index (χ2v) is 4.30. The van der Waals surface area contributed by atoms with E-state index in [-0.39, 0.29) is 5.75 Å². The maximum Gasteiger partial charge on any atom is 0.170 e. The Morgan fingerprint density at radius 1 is 1.21 bits per heavy atom. The molecule has 3 aromatic rings. The number of para-hydroxylation sites is 1. The lowest BCUT2D eigenvalue weighted by Gasteiger charge is -2.06. The summed E-state index contributed by atoms with van der Waals surface area (Å²) in [5.74, 6) is 1.00. The number of nitrogens with zero attached hydrogens (tertiary/aromatic N) is 1. The van der Waals surface area contributed by atoms with Gasteiger partial charge in [0.15, 0.2) is 5.58 Å². The average Bonchev–Trinajstić information content (AvgIpc) is 2.82. The minimum Gasteiger partial charge on any atom is -0.508 e. The fraction of sp³-hybridized carbons (Fsp3) is 0.133. The predicted octanol–water partition coefficient (Wildman–Crippen LogP) is 3.13. The van der Waals surface area contributed by atoms with Gasteiger partial charge in [0.25, 0.3) is 0 Å². The van der Waals surface area contributed by atoms with Gasteiger partial charge in [-0.3, -0.25) is 0 Å². The van der Waals surface area contributed by atoms with E-state index < -0.39 is 0 Å². The summed E-state index contributed by atoms with van der Waals surface area (Å²) in [7, 11) is 1.65. The van der Waals surface area contributed by atoms with Crippen LogP contribution in [0.25, 0.3) is 11.0 Å². The van der Waals surface area contributed by atoms with Gasteiger partial charge in [-0.1, -0.05) is 23.4 Å². The van der Waals surface area contributed by atoms with Gasteiger partial charge in [0.05, 0.1) is 12.8 Å². The highest BCUT2D eigenvalue weighted by Gasteiger charge is 2.11. The molecule has 1 aromatic heterocycles. The van der Waals surface area contributed by atoms with E-state index in [9.17, 15) is 5.11 Å². The van der Waals surface area contributed by atoms with E-state index in [1.807, 2.05) is 30.3 Å². The lowest BCUT2D eigenvalue weighted by atomic mass is 10.1. The molecular formula is C15H13NO3. The second kappa shape index (κ2) is 4.65. The topological polar surface area (TPSA) is 55.5 Å². The number of ether oxygens (including phenoxy) is 1. The van der Waals surface area contributed by atoms with Crippen molar-refractivity contribution in [2.24, 2.45) is 0 Å². The van der Waals surface area contributed by atoms with Gasteiger partial charge in [-0.25, -0.2) is 0 Å². The smallest absolute Gasteiger partial charge is 0.170 e. The van der Waals surface area contributed by atoms with Gasteiger partial charge in [-0.05, 0) is 18.2 Å². The van der Waals surface area contributed by atoms with Crippen LogP contribution >= 0.6 is 0 Å². The van der Waals surface area contributed by atoms with Crippen LogP contribution in [-0.2, 0) is 6.42 Å². The summed E-state index contributed by atoms with van der Waals surface area (Å²) < 4.78 is 10.6. The molecular weight excluding hydrogens is 242 g/mol. The fourth-order valence-corrected chi connectivity index (χ4v) is 2.14. The van der Waals surface area contributed by atoms with E-state index in [1.165, 1.54) is 0 Å². The molecule has 0 amide bonds. The molecule has 96 valence electrons. The zero-order valence-corrected chi connectivity index (χ0v) is 10.5. The molecule has 1 heterocycles. The Labute approximate surface area is 110 Å². The number of phenols is 1. The zero-order valence-electron chi connectivity index (χ0n) is 10.5. The van der Waals surface area contributed by atoms with Crippen molar-refractivity contribution >= 4 is 11.0 Å². The van der Waals surface area contributed by atoms with Crippen LogP contribution in [0, 0.1) is 0 Å². The van der Waals surface area contributed by atoms with Crippen molar-refractivity contribution < 1.29 is 14.4 Å². The van der Waals surface area contributed by atoms with E-state index in [1.54, 1.807) is 19.2 Å². The van der Waals surface area contributed by atoms with Crippen molar-refractivity contribution in [1.82, 2.24) is 5.16 Å². The van der Waals surface area contributed by atoms with Crippen LogP contribution in [-0.4, -0.2) is 17.4 Å². The fourth-order valence-electron chi connectivity index (χ4n) is 2.14. The molecule has 0 aliphatic rings. The first-order valence-electron chi connectivity index (χ1n) is 5.97. The lowest BCUT2D eigenvalue weighted by molar-refractivity contribution is 0.409. The van der Waals surface area contributed by atoms with Gasteiger partial charge in [0.1, 0.15) is 11.5 Å². The standard InChI is InChI=1S/C15H13NO3/c1-18-14-5-3-2-4-10(14)8-13-12-7-6-11(17)9-15(12)19-16-13/h2-7,9,17H,8H2,1H3. The summed E-state index contributed by atoms with van der Waals surface area (Å²) in [6.45, 7) is 0. The molecule has 0 fully saturated rings. The highest BCUT2D eigenvalue weighted by Crippen LogP contribution is 2.27. The SMILES string of the molecule is COc1ccccc1Cc1noc2cc(O)ccc12. The second-order valence-electron chi connectivity index (χ2n) is 4.30. The van der Waals surface area contributed by atoms with Crippen LogP contribution in [0.4, 0.5) is 0 Å². The van der Waals surface area contributed by atoms with Crippen LogP contribution in [0.15, 0.2) is 47.0 Å². The molecule has 0 bridgehead atoms. The summed E-state index contributed by atoms with van der Waals surface area (Å²) in [6.07, 6.45) is 0.627. The molecule has 4 nitrogen and oxygen atoms in total. The van der Waals surface area contributed by atoms with E-state index >= 15 is 0 Å². The summed E-state index contributed by atoms with van der Waals surface area (Å²) in [5, 5.41) is 14.4. The number of benzene rings is 2. The molecule has 1 N–H and O–H groups in total. The molecule has 0 saturated heterocycles. The third kappa shape index (κ3) is 2.12. The highest BCUT2D eigenvalue weighted by atomic mass is 16.5. The molecule has 0 spiro atoms. The monoisotopic (exact) mass is 255 g/mol. The maximum absolute atomic E-state index is 9.40. The van der Waals surface area contributed by atoms with E-state index in [2.05, 4.69) is 5.16 Å². The molecule has 4 heteroatoms. The highest BCUT2D eigenvalue weighted by molar-refractivity contribution is 5.81. The van der Waals surface area contributed by atoms with Crippen LogP contribution in [0.1, 0.15) is 11.3 Å². The van der Waals surface area contributed by atoms with Crippen LogP contribution < -0.4 is 4.74 Å². The number of aromatic nitrogens is 1. The summed E-state index contributed by atoms with van der Waals surface area (Å²) >= 11 is 0. The normalized spacial score (nSPS) is 10.8. The molecule has 0 atom stereocenters. The quantitative estimate of drug-likeness (QED) is 0.781. The average molecular weight is 255 g/mol. The van der Waals surface area contributed by atoms with Gasteiger partial charge in [-0.2, -0.15) is 0 Å². The Balaban J connectivity index is 2.01. The van der Waals surface area contributed by atoms with Gasteiger partial charge in [0, 0.05) is 23.4 Å². The molecule has 19 heavy (non-hydrogen) atoms. The van der Waals surface area contributed by atoms with E-state index in [4.69, 9.17) is 9.26 Å². The summed E-state index contributed by atoms with van der Waals surface area (Å²) in [4.78, 5) is 0. The third-order valence-corrected chi connectivity index (χ3v) is 3.08. The van der Waals surface area contributed by atoms with Crippen molar-refractivity contribution in [3.05, 3.63) is 53.7 Å².